The number of nitrogen functional groups attached to an aromatic ring is 1. The zero-order chi connectivity index (χ0) is 16.4. The lowest BCUT2D eigenvalue weighted by Crippen LogP contribution is -2.27. The summed E-state index contributed by atoms with van der Waals surface area (Å²) in [6, 6.07) is 14.6. The third kappa shape index (κ3) is 3.23. The monoisotopic (exact) mass is 342 g/mol. The lowest BCUT2D eigenvalue weighted by atomic mass is 10.2. The summed E-state index contributed by atoms with van der Waals surface area (Å²) in [4.78, 5) is 14.7. The second-order valence-corrected chi connectivity index (χ2v) is 6.56. The van der Waals surface area contributed by atoms with E-state index < -0.39 is 0 Å². The van der Waals surface area contributed by atoms with Crippen molar-refractivity contribution in [3.05, 3.63) is 59.0 Å². The van der Waals surface area contributed by atoms with E-state index in [1.165, 1.54) is 16.7 Å². The van der Waals surface area contributed by atoms with Crippen LogP contribution in [0.5, 0.6) is 5.75 Å². The quantitative estimate of drug-likeness (QED) is 0.524. The fourth-order valence-electron chi connectivity index (χ4n) is 2.21. The number of anilines is 2. The van der Waals surface area contributed by atoms with Gasteiger partial charge in [0.15, 0.2) is 4.32 Å². The summed E-state index contributed by atoms with van der Waals surface area (Å²) in [6.45, 7) is 0. The van der Waals surface area contributed by atoms with Gasteiger partial charge in [-0.3, -0.25) is 9.69 Å². The lowest BCUT2D eigenvalue weighted by Gasteiger charge is -2.14. The Morgan fingerprint density at radius 3 is 2.61 bits per heavy atom. The minimum atomic E-state index is -0.138. The van der Waals surface area contributed by atoms with E-state index in [9.17, 15) is 4.79 Å². The third-order valence-corrected chi connectivity index (χ3v) is 4.64. The molecule has 1 aliphatic heterocycles. The van der Waals surface area contributed by atoms with Gasteiger partial charge in [0.2, 0.25) is 0 Å². The van der Waals surface area contributed by atoms with E-state index in [1.807, 2.05) is 36.4 Å². The number of thiocarbonyl (C=S) groups is 1. The Hall–Kier alpha value is -2.31. The fraction of sp³-hybridized carbons (Fsp3) is 0.0588. The Bertz CT molecular complexity index is 800. The van der Waals surface area contributed by atoms with E-state index >= 15 is 0 Å². The van der Waals surface area contributed by atoms with Gasteiger partial charge < -0.3 is 10.5 Å². The molecule has 0 bridgehead atoms. The predicted octanol–water partition coefficient (Wildman–Crippen LogP) is 3.68. The van der Waals surface area contributed by atoms with E-state index in [0.29, 0.717) is 20.6 Å². The second kappa shape index (κ2) is 6.44. The molecule has 0 aliphatic carbocycles. The van der Waals surface area contributed by atoms with Crippen molar-refractivity contribution in [2.24, 2.45) is 0 Å². The van der Waals surface area contributed by atoms with Gasteiger partial charge in [-0.15, -0.1) is 0 Å². The van der Waals surface area contributed by atoms with Crippen LogP contribution in [-0.4, -0.2) is 17.3 Å². The molecular weight excluding hydrogens is 328 g/mol. The highest BCUT2D eigenvalue weighted by atomic mass is 32.2. The summed E-state index contributed by atoms with van der Waals surface area (Å²) in [7, 11) is 1.62. The molecule has 1 fully saturated rings. The molecule has 23 heavy (non-hydrogen) atoms. The molecule has 4 nitrogen and oxygen atoms in total. The van der Waals surface area contributed by atoms with Crippen molar-refractivity contribution in [3.8, 4) is 5.75 Å². The highest BCUT2D eigenvalue weighted by Gasteiger charge is 2.33. The van der Waals surface area contributed by atoms with Gasteiger partial charge in [0.05, 0.1) is 17.7 Å². The molecule has 0 unspecified atom stereocenters. The van der Waals surface area contributed by atoms with Crippen LogP contribution in [0.3, 0.4) is 0 Å². The van der Waals surface area contributed by atoms with E-state index in [4.69, 9.17) is 22.7 Å². The minimum Gasteiger partial charge on any atom is -0.497 e. The Morgan fingerprint density at radius 2 is 1.96 bits per heavy atom. The number of hydrogen-bond donors (Lipinski definition) is 1. The molecule has 3 rings (SSSR count). The molecule has 1 heterocycles. The molecule has 0 spiro atoms. The first-order valence-corrected chi connectivity index (χ1v) is 8.08. The van der Waals surface area contributed by atoms with Crippen molar-refractivity contribution >= 4 is 51.7 Å². The number of benzene rings is 2. The predicted molar refractivity (Wildman–Crippen MR) is 99.5 cm³/mol. The van der Waals surface area contributed by atoms with Crippen LogP contribution in [-0.2, 0) is 4.79 Å². The number of nitrogens with two attached hydrogens (primary N) is 1. The number of thioether (sulfide) groups is 1. The number of hydrogen-bond acceptors (Lipinski definition) is 5. The van der Waals surface area contributed by atoms with Crippen LogP contribution in [0.2, 0.25) is 0 Å². The normalized spacial score (nSPS) is 16.2. The third-order valence-electron chi connectivity index (χ3n) is 3.34. The van der Waals surface area contributed by atoms with Gasteiger partial charge in [-0.05, 0) is 42.0 Å². The second-order valence-electron chi connectivity index (χ2n) is 4.89. The van der Waals surface area contributed by atoms with Crippen molar-refractivity contribution in [2.75, 3.05) is 17.7 Å². The Morgan fingerprint density at radius 1 is 1.22 bits per heavy atom. The van der Waals surface area contributed by atoms with Gasteiger partial charge in [0.25, 0.3) is 5.91 Å². The van der Waals surface area contributed by atoms with Gasteiger partial charge in [0.1, 0.15) is 5.75 Å². The Balaban J connectivity index is 1.89. The number of rotatable bonds is 3. The minimum absolute atomic E-state index is 0.138. The Labute approximate surface area is 143 Å². The van der Waals surface area contributed by atoms with Gasteiger partial charge in [0, 0.05) is 5.69 Å². The summed E-state index contributed by atoms with van der Waals surface area (Å²) in [6.07, 6.45) is 1.82. The van der Waals surface area contributed by atoms with Crippen LogP contribution in [0.4, 0.5) is 11.4 Å². The molecule has 0 aromatic heterocycles. The maximum absolute atomic E-state index is 12.6. The number of carbonyl (C=O) groups excluding carboxylic acids is 1. The standard InChI is InChI=1S/C17H14N2O2S2/c1-21-14-7-5-11(6-8-14)9-15-16(20)19(17(22)23-15)13-4-2-3-12(18)10-13/h2-10H,18H2,1H3/b15-9+. The summed E-state index contributed by atoms with van der Waals surface area (Å²) < 4.78 is 5.63. The van der Waals surface area contributed by atoms with Gasteiger partial charge in [-0.2, -0.15) is 0 Å². The topological polar surface area (TPSA) is 55.6 Å². The summed E-state index contributed by atoms with van der Waals surface area (Å²) in [5, 5.41) is 0. The number of nitrogens with zero attached hydrogens (tertiary/aromatic N) is 1. The van der Waals surface area contributed by atoms with Crippen molar-refractivity contribution in [1.82, 2.24) is 0 Å². The lowest BCUT2D eigenvalue weighted by molar-refractivity contribution is -0.113. The maximum atomic E-state index is 12.6. The molecule has 2 N–H and O–H groups in total. The van der Waals surface area contributed by atoms with Gasteiger partial charge in [-0.1, -0.05) is 42.2 Å². The van der Waals surface area contributed by atoms with E-state index in [1.54, 1.807) is 25.3 Å². The van der Waals surface area contributed by atoms with Crippen LogP contribution < -0.4 is 15.4 Å². The largest absolute Gasteiger partial charge is 0.497 e. The van der Waals surface area contributed by atoms with Crippen molar-refractivity contribution in [2.45, 2.75) is 0 Å². The summed E-state index contributed by atoms with van der Waals surface area (Å²) in [5.41, 5.74) is 7.98. The highest BCUT2D eigenvalue weighted by molar-refractivity contribution is 8.27. The van der Waals surface area contributed by atoms with Crippen LogP contribution in [0, 0.1) is 0 Å². The number of ether oxygens (including phenoxy) is 1. The zero-order valence-electron chi connectivity index (χ0n) is 12.4. The molecule has 0 atom stereocenters. The molecule has 2 aromatic carbocycles. The van der Waals surface area contributed by atoms with Crippen LogP contribution >= 0.6 is 24.0 Å². The zero-order valence-corrected chi connectivity index (χ0v) is 14.0. The summed E-state index contributed by atoms with van der Waals surface area (Å²) in [5.74, 6) is 0.635. The smallest absolute Gasteiger partial charge is 0.270 e. The van der Waals surface area contributed by atoms with Crippen molar-refractivity contribution in [3.63, 3.8) is 0 Å². The molecular formula is C17H14N2O2S2. The van der Waals surface area contributed by atoms with E-state index in [2.05, 4.69) is 0 Å². The van der Waals surface area contributed by atoms with Gasteiger partial charge >= 0.3 is 0 Å². The first kappa shape index (κ1) is 15.6. The number of amides is 1. The van der Waals surface area contributed by atoms with Crippen LogP contribution in [0.1, 0.15) is 5.56 Å². The maximum Gasteiger partial charge on any atom is 0.270 e. The molecule has 116 valence electrons. The molecule has 2 aromatic rings. The molecule has 1 saturated heterocycles. The van der Waals surface area contributed by atoms with Crippen LogP contribution in [0.15, 0.2) is 53.4 Å². The van der Waals surface area contributed by atoms with Crippen molar-refractivity contribution in [1.29, 1.82) is 0 Å². The van der Waals surface area contributed by atoms with Crippen LogP contribution in [0.25, 0.3) is 6.08 Å². The fourth-order valence-corrected chi connectivity index (χ4v) is 3.50. The average molecular weight is 342 g/mol. The first-order chi connectivity index (χ1) is 11.1. The average Bonchev–Trinajstić information content (AvgIpc) is 2.82. The molecule has 6 heteroatoms. The van der Waals surface area contributed by atoms with Gasteiger partial charge in [-0.25, -0.2) is 0 Å². The molecule has 0 saturated carbocycles. The number of methoxy groups -OCH3 is 1. The Kier molecular flexibility index (Phi) is 4.36. The van der Waals surface area contributed by atoms with E-state index in [-0.39, 0.29) is 5.91 Å². The first-order valence-electron chi connectivity index (χ1n) is 6.86. The molecule has 1 aliphatic rings. The molecule has 1 amide bonds. The number of carbonyl (C=O) groups is 1. The highest BCUT2D eigenvalue weighted by Crippen LogP contribution is 2.36. The van der Waals surface area contributed by atoms with E-state index in [0.717, 1.165) is 11.3 Å². The SMILES string of the molecule is COc1ccc(/C=C2/SC(=S)N(c3cccc(N)c3)C2=O)cc1. The van der Waals surface area contributed by atoms with Crippen molar-refractivity contribution < 1.29 is 9.53 Å². The summed E-state index contributed by atoms with van der Waals surface area (Å²) >= 11 is 6.63. The molecule has 0 radical (unpaired) electrons.